The summed E-state index contributed by atoms with van der Waals surface area (Å²) in [5.41, 5.74) is 5.78. The molecule has 15 heavy (non-hydrogen) atoms. The lowest BCUT2D eigenvalue weighted by atomic mass is 10.1. The number of carboxylic acid groups (broad SMARTS) is 1. The van der Waals surface area contributed by atoms with Crippen LogP contribution in [-0.4, -0.2) is 30.3 Å². The number of carbonyl (C=O) groups is 1. The van der Waals surface area contributed by atoms with Gasteiger partial charge in [0.25, 0.3) is 0 Å². The molecule has 1 rings (SSSR count). The molecule has 82 valence electrons. The van der Waals surface area contributed by atoms with Crippen molar-refractivity contribution in [1.29, 1.82) is 0 Å². The van der Waals surface area contributed by atoms with Gasteiger partial charge in [0.2, 0.25) is 0 Å². The van der Waals surface area contributed by atoms with Gasteiger partial charge in [0.05, 0.1) is 32.2 Å². The summed E-state index contributed by atoms with van der Waals surface area (Å²) in [6, 6.07) is -1.20. The van der Waals surface area contributed by atoms with Crippen molar-refractivity contribution in [1.82, 2.24) is 4.98 Å². The minimum Gasteiger partial charge on any atom is -0.495 e. The molecule has 1 unspecified atom stereocenters. The smallest absolute Gasteiger partial charge is 0.325 e. The van der Waals surface area contributed by atoms with Gasteiger partial charge in [-0.25, -0.2) is 0 Å². The van der Waals surface area contributed by atoms with Crippen molar-refractivity contribution in [2.24, 2.45) is 5.73 Å². The minimum absolute atomic E-state index is 0.280. The lowest BCUT2D eigenvalue weighted by molar-refractivity contribution is -0.138. The van der Waals surface area contributed by atoms with E-state index in [0.717, 1.165) is 0 Å². The second-order valence-corrected chi connectivity index (χ2v) is 2.77. The molecule has 6 heteroatoms. The maximum absolute atomic E-state index is 10.8. The molecule has 1 heterocycles. The predicted octanol–water partition coefficient (Wildman–Crippen LogP) is 0.183. The zero-order valence-corrected chi connectivity index (χ0v) is 8.43. The number of pyridine rings is 1. The Morgan fingerprint density at radius 1 is 1.40 bits per heavy atom. The number of aromatic nitrogens is 1. The molecule has 0 saturated heterocycles. The number of hydrogen-bond acceptors (Lipinski definition) is 5. The molecule has 0 amide bonds. The number of methoxy groups -OCH3 is 2. The fourth-order valence-electron chi connectivity index (χ4n) is 1.19. The van der Waals surface area contributed by atoms with Gasteiger partial charge in [0.1, 0.15) is 17.5 Å². The van der Waals surface area contributed by atoms with E-state index in [9.17, 15) is 4.79 Å². The number of rotatable bonds is 4. The van der Waals surface area contributed by atoms with Crippen LogP contribution in [0.2, 0.25) is 0 Å². The van der Waals surface area contributed by atoms with Crippen LogP contribution in [0, 0.1) is 0 Å². The average molecular weight is 212 g/mol. The fourth-order valence-corrected chi connectivity index (χ4v) is 1.19. The third-order valence-corrected chi connectivity index (χ3v) is 1.93. The number of hydrogen-bond donors (Lipinski definition) is 2. The summed E-state index contributed by atoms with van der Waals surface area (Å²) >= 11 is 0. The van der Waals surface area contributed by atoms with E-state index in [2.05, 4.69) is 4.98 Å². The van der Waals surface area contributed by atoms with Crippen molar-refractivity contribution < 1.29 is 19.4 Å². The largest absolute Gasteiger partial charge is 0.495 e. The summed E-state index contributed by atoms with van der Waals surface area (Å²) in [7, 11) is 2.82. The molecule has 0 aliphatic rings. The van der Waals surface area contributed by atoms with Crippen LogP contribution in [0.1, 0.15) is 11.6 Å². The van der Waals surface area contributed by atoms with Gasteiger partial charge in [-0.2, -0.15) is 0 Å². The van der Waals surface area contributed by atoms with Gasteiger partial charge in [-0.3, -0.25) is 9.78 Å². The van der Waals surface area contributed by atoms with Crippen molar-refractivity contribution in [3.05, 3.63) is 18.0 Å². The molecule has 0 fully saturated rings. The van der Waals surface area contributed by atoms with E-state index < -0.39 is 12.0 Å². The van der Waals surface area contributed by atoms with E-state index in [1.54, 1.807) is 0 Å². The highest BCUT2D eigenvalue weighted by molar-refractivity contribution is 5.77. The molecule has 0 radical (unpaired) electrons. The number of nitrogens with two attached hydrogens (primary N) is 1. The molecule has 1 atom stereocenters. The van der Waals surface area contributed by atoms with Crippen LogP contribution in [0.25, 0.3) is 0 Å². The Morgan fingerprint density at radius 3 is 2.20 bits per heavy atom. The van der Waals surface area contributed by atoms with Crippen LogP contribution in [0.5, 0.6) is 11.5 Å². The van der Waals surface area contributed by atoms with E-state index in [1.807, 2.05) is 0 Å². The Labute approximate surface area is 86.6 Å². The van der Waals surface area contributed by atoms with Crippen LogP contribution in [0.3, 0.4) is 0 Å². The van der Waals surface area contributed by atoms with Gasteiger partial charge in [-0.15, -0.1) is 0 Å². The summed E-state index contributed by atoms with van der Waals surface area (Å²) in [4.78, 5) is 14.6. The zero-order chi connectivity index (χ0) is 11.4. The highest BCUT2D eigenvalue weighted by atomic mass is 16.5. The molecule has 6 nitrogen and oxygen atoms in total. The Hall–Kier alpha value is -1.82. The molecular weight excluding hydrogens is 200 g/mol. The molecule has 0 aromatic carbocycles. The third-order valence-electron chi connectivity index (χ3n) is 1.93. The number of nitrogens with zero attached hydrogens (tertiary/aromatic N) is 1. The maximum Gasteiger partial charge on any atom is 0.325 e. The number of ether oxygens (including phenoxy) is 2. The molecule has 1 aromatic heterocycles. The van der Waals surface area contributed by atoms with E-state index in [0.29, 0.717) is 11.5 Å². The van der Waals surface area contributed by atoms with Gasteiger partial charge in [-0.05, 0) is 0 Å². The molecule has 0 spiro atoms. The molecule has 0 bridgehead atoms. The van der Waals surface area contributed by atoms with Crippen LogP contribution in [0.15, 0.2) is 12.4 Å². The minimum atomic E-state index is -1.20. The Bertz CT molecular complexity index is 345. The quantitative estimate of drug-likeness (QED) is 0.739. The highest BCUT2D eigenvalue weighted by Crippen LogP contribution is 2.31. The Kier molecular flexibility index (Phi) is 3.46. The summed E-state index contributed by atoms with van der Waals surface area (Å²) < 4.78 is 9.95. The van der Waals surface area contributed by atoms with E-state index in [-0.39, 0.29) is 5.56 Å². The first-order valence-electron chi connectivity index (χ1n) is 4.16. The monoisotopic (exact) mass is 212 g/mol. The lowest BCUT2D eigenvalue weighted by Gasteiger charge is -2.14. The SMILES string of the molecule is COc1cncc(OC)c1C(N)C(=O)O. The zero-order valence-electron chi connectivity index (χ0n) is 8.43. The molecular formula is C9H12N2O4. The van der Waals surface area contributed by atoms with Gasteiger partial charge >= 0.3 is 5.97 Å². The first kappa shape index (κ1) is 11.3. The van der Waals surface area contributed by atoms with Crippen molar-refractivity contribution in [2.75, 3.05) is 14.2 Å². The van der Waals surface area contributed by atoms with Gasteiger partial charge < -0.3 is 20.3 Å². The predicted molar refractivity (Wildman–Crippen MR) is 51.9 cm³/mol. The molecule has 0 saturated carbocycles. The van der Waals surface area contributed by atoms with Crippen LogP contribution < -0.4 is 15.2 Å². The second kappa shape index (κ2) is 4.61. The third kappa shape index (κ3) is 2.16. The molecule has 1 aromatic rings. The first-order chi connectivity index (χ1) is 7.11. The van der Waals surface area contributed by atoms with E-state index >= 15 is 0 Å². The highest BCUT2D eigenvalue weighted by Gasteiger charge is 2.23. The fraction of sp³-hybridized carbons (Fsp3) is 0.333. The molecule has 0 aliphatic heterocycles. The van der Waals surface area contributed by atoms with Crippen molar-refractivity contribution >= 4 is 5.97 Å². The number of carboxylic acids is 1. The summed E-state index contributed by atoms with van der Waals surface area (Å²) in [6.07, 6.45) is 2.78. The standard InChI is InChI=1S/C9H12N2O4/c1-14-5-3-11-4-6(15-2)7(5)8(10)9(12)13/h3-4,8H,10H2,1-2H3,(H,12,13). The summed E-state index contributed by atoms with van der Waals surface area (Å²) in [6.45, 7) is 0. The van der Waals surface area contributed by atoms with Crippen molar-refractivity contribution in [3.63, 3.8) is 0 Å². The van der Waals surface area contributed by atoms with E-state index in [1.165, 1.54) is 26.6 Å². The van der Waals surface area contributed by atoms with Crippen LogP contribution >= 0.6 is 0 Å². The Morgan fingerprint density at radius 2 is 1.87 bits per heavy atom. The van der Waals surface area contributed by atoms with Gasteiger partial charge in [-0.1, -0.05) is 0 Å². The number of aliphatic carboxylic acids is 1. The Balaban J connectivity index is 3.27. The topological polar surface area (TPSA) is 94.7 Å². The van der Waals surface area contributed by atoms with Gasteiger partial charge in [0, 0.05) is 0 Å². The lowest BCUT2D eigenvalue weighted by Crippen LogP contribution is -2.22. The maximum atomic E-state index is 10.8. The van der Waals surface area contributed by atoms with Crippen molar-refractivity contribution in [2.45, 2.75) is 6.04 Å². The van der Waals surface area contributed by atoms with E-state index in [4.69, 9.17) is 20.3 Å². The first-order valence-corrected chi connectivity index (χ1v) is 4.16. The average Bonchev–Trinajstić information content (AvgIpc) is 2.26. The van der Waals surface area contributed by atoms with Gasteiger partial charge in [0.15, 0.2) is 0 Å². The second-order valence-electron chi connectivity index (χ2n) is 2.77. The molecule has 3 N–H and O–H groups in total. The molecule has 0 aliphatic carbocycles. The van der Waals surface area contributed by atoms with Crippen LogP contribution in [-0.2, 0) is 4.79 Å². The van der Waals surface area contributed by atoms with Crippen LogP contribution in [0.4, 0.5) is 0 Å². The summed E-state index contributed by atoms with van der Waals surface area (Å²) in [5.74, 6) is -0.564. The van der Waals surface area contributed by atoms with Crippen molar-refractivity contribution in [3.8, 4) is 11.5 Å². The summed E-state index contributed by atoms with van der Waals surface area (Å²) in [5, 5.41) is 8.82. The normalized spacial score (nSPS) is 11.9.